The van der Waals surface area contributed by atoms with Crippen molar-refractivity contribution in [2.24, 2.45) is 0 Å². The largest absolute Gasteiger partial charge is 0.493 e. The third kappa shape index (κ3) is 5.98. The Kier molecular flexibility index (Phi) is 7.66. The van der Waals surface area contributed by atoms with E-state index in [-0.39, 0.29) is 5.91 Å². The summed E-state index contributed by atoms with van der Waals surface area (Å²) in [5, 5.41) is 2.93. The van der Waals surface area contributed by atoms with E-state index in [0.717, 1.165) is 18.4 Å². The average molecular weight is 406 g/mol. The fourth-order valence-electron chi connectivity index (χ4n) is 2.80. The van der Waals surface area contributed by atoms with Crippen LogP contribution < -0.4 is 19.5 Å². The summed E-state index contributed by atoms with van der Waals surface area (Å²) >= 11 is 0. The monoisotopic (exact) mass is 406 g/mol. The van der Waals surface area contributed by atoms with Crippen LogP contribution in [0.5, 0.6) is 23.0 Å². The minimum atomic E-state index is -0.183. The lowest BCUT2D eigenvalue weighted by atomic mass is 10.1. The van der Waals surface area contributed by atoms with Gasteiger partial charge in [0.1, 0.15) is 11.5 Å². The minimum absolute atomic E-state index is 0.183. The Bertz CT molecular complexity index is 960. The van der Waals surface area contributed by atoms with Crippen molar-refractivity contribution in [3.63, 3.8) is 0 Å². The molecule has 0 spiro atoms. The first kappa shape index (κ1) is 21.2. The number of pyridine rings is 1. The maximum Gasteiger partial charge on any atom is 0.251 e. The van der Waals surface area contributed by atoms with Crippen LogP contribution in [0.4, 0.5) is 0 Å². The highest BCUT2D eigenvalue weighted by molar-refractivity contribution is 5.94. The van der Waals surface area contributed by atoms with Crippen molar-refractivity contribution in [3.8, 4) is 23.0 Å². The molecule has 1 amide bonds. The van der Waals surface area contributed by atoms with Gasteiger partial charge < -0.3 is 19.5 Å². The van der Waals surface area contributed by atoms with Gasteiger partial charge >= 0.3 is 0 Å². The molecule has 0 unspecified atom stereocenters. The molecule has 0 bridgehead atoms. The Balaban J connectivity index is 1.60. The van der Waals surface area contributed by atoms with Crippen molar-refractivity contribution in [1.29, 1.82) is 0 Å². The molecule has 0 aliphatic heterocycles. The van der Waals surface area contributed by atoms with Crippen LogP contribution in [0.1, 0.15) is 35.7 Å². The molecule has 6 heteroatoms. The number of ether oxygens (including phenoxy) is 3. The number of methoxy groups -OCH3 is 1. The second kappa shape index (κ2) is 10.9. The standard InChI is InChI=1S/C24H26N2O4/c1-3-4-14-29-22-9-8-18(15-23(22)28-2)17-26-24(27)19-6-5-7-21(16-19)30-20-10-12-25-13-11-20/h5-13,15-16H,3-4,14,17H2,1-2H3,(H,26,27). The molecule has 3 rings (SSSR count). The van der Waals surface area contributed by atoms with E-state index in [1.807, 2.05) is 18.2 Å². The van der Waals surface area contributed by atoms with Crippen molar-refractivity contribution in [2.45, 2.75) is 26.3 Å². The maximum absolute atomic E-state index is 12.6. The number of rotatable bonds is 10. The summed E-state index contributed by atoms with van der Waals surface area (Å²) in [7, 11) is 1.61. The fourth-order valence-corrected chi connectivity index (χ4v) is 2.80. The molecule has 0 saturated heterocycles. The molecule has 30 heavy (non-hydrogen) atoms. The topological polar surface area (TPSA) is 69.7 Å². The highest BCUT2D eigenvalue weighted by atomic mass is 16.5. The van der Waals surface area contributed by atoms with Gasteiger partial charge in [-0.25, -0.2) is 0 Å². The number of hydrogen-bond donors (Lipinski definition) is 1. The van der Waals surface area contributed by atoms with Gasteiger partial charge in [-0.3, -0.25) is 9.78 Å². The molecule has 0 aliphatic carbocycles. The highest BCUT2D eigenvalue weighted by Crippen LogP contribution is 2.28. The summed E-state index contributed by atoms with van der Waals surface area (Å²) < 4.78 is 16.9. The number of nitrogens with zero attached hydrogens (tertiary/aromatic N) is 1. The van der Waals surface area contributed by atoms with Gasteiger partial charge in [0, 0.05) is 24.5 Å². The van der Waals surface area contributed by atoms with Crippen LogP contribution in [0.3, 0.4) is 0 Å². The second-order valence-corrected chi connectivity index (χ2v) is 6.68. The molecule has 0 aliphatic rings. The minimum Gasteiger partial charge on any atom is -0.493 e. The Labute approximate surface area is 176 Å². The predicted molar refractivity (Wildman–Crippen MR) is 115 cm³/mol. The SMILES string of the molecule is CCCCOc1ccc(CNC(=O)c2cccc(Oc3ccncc3)c2)cc1OC. The molecule has 1 aromatic heterocycles. The van der Waals surface area contributed by atoms with E-state index in [9.17, 15) is 4.79 Å². The van der Waals surface area contributed by atoms with Gasteiger partial charge in [-0.05, 0) is 54.4 Å². The van der Waals surface area contributed by atoms with Crippen molar-refractivity contribution >= 4 is 5.91 Å². The third-order valence-corrected chi connectivity index (χ3v) is 4.42. The number of carbonyl (C=O) groups excluding carboxylic acids is 1. The summed E-state index contributed by atoms with van der Waals surface area (Å²) in [6, 6.07) is 16.2. The number of unbranched alkanes of at least 4 members (excludes halogenated alkanes) is 1. The number of amides is 1. The Morgan fingerprint density at radius 2 is 1.83 bits per heavy atom. The summed E-state index contributed by atoms with van der Waals surface area (Å²) in [5.74, 6) is 2.44. The van der Waals surface area contributed by atoms with Gasteiger partial charge in [0.2, 0.25) is 0 Å². The quantitative estimate of drug-likeness (QED) is 0.480. The average Bonchev–Trinajstić information content (AvgIpc) is 2.79. The van der Waals surface area contributed by atoms with Gasteiger partial charge in [0.25, 0.3) is 5.91 Å². The number of hydrogen-bond acceptors (Lipinski definition) is 5. The summed E-state index contributed by atoms with van der Waals surface area (Å²) in [6.07, 6.45) is 5.37. The maximum atomic E-state index is 12.6. The molecule has 2 aromatic carbocycles. The van der Waals surface area contributed by atoms with E-state index in [0.29, 0.717) is 41.7 Å². The van der Waals surface area contributed by atoms with Crippen LogP contribution in [0.25, 0.3) is 0 Å². The second-order valence-electron chi connectivity index (χ2n) is 6.68. The van der Waals surface area contributed by atoms with Gasteiger partial charge in [-0.1, -0.05) is 25.5 Å². The van der Waals surface area contributed by atoms with Gasteiger partial charge in [-0.15, -0.1) is 0 Å². The molecule has 3 aromatic rings. The van der Waals surface area contributed by atoms with Crippen LogP contribution in [0.15, 0.2) is 67.0 Å². The van der Waals surface area contributed by atoms with Gasteiger partial charge in [-0.2, -0.15) is 0 Å². The van der Waals surface area contributed by atoms with Crippen LogP contribution in [0.2, 0.25) is 0 Å². The number of carbonyl (C=O) groups is 1. The van der Waals surface area contributed by atoms with Gasteiger partial charge in [0.15, 0.2) is 11.5 Å². The Hall–Kier alpha value is -3.54. The van der Waals surface area contributed by atoms with Gasteiger partial charge in [0.05, 0.1) is 13.7 Å². The third-order valence-electron chi connectivity index (χ3n) is 4.42. The first-order chi connectivity index (χ1) is 14.7. The smallest absolute Gasteiger partial charge is 0.251 e. The Morgan fingerprint density at radius 3 is 2.60 bits per heavy atom. The molecular weight excluding hydrogens is 380 g/mol. The number of benzene rings is 2. The molecule has 0 radical (unpaired) electrons. The van der Waals surface area contributed by atoms with Crippen molar-refractivity contribution in [3.05, 3.63) is 78.1 Å². The normalized spacial score (nSPS) is 10.3. The molecule has 1 N–H and O–H groups in total. The van der Waals surface area contributed by atoms with E-state index < -0.39 is 0 Å². The zero-order chi connectivity index (χ0) is 21.2. The first-order valence-corrected chi connectivity index (χ1v) is 9.95. The van der Waals surface area contributed by atoms with E-state index in [2.05, 4.69) is 17.2 Å². The van der Waals surface area contributed by atoms with Crippen molar-refractivity contribution in [2.75, 3.05) is 13.7 Å². The van der Waals surface area contributed by atoms with Crippen LogP contribution >= 0.6 is 0 Å². The van der Waals surface area contributed by atoms with E-state index >= 15 is 0 Å². The highest BCUT2D eigenvalue weighted by Gasteiger charge is 2.10. The van der Waals surface area contributed by atoms with E-state index in [1.165, 1.54) is 0 Å². The molecular formula is C24H26N2O4. The summed E-state index contributed by atoms with van der Waals surface area (Å²) in [5.41, 5.74) is 1.44. The van der Waals surface area contributed by atoms with E-state index in [1.54, 1.807) is 55.9 Å². The zero-order valence-corrected chi connectivity index (χ0v) is 17.3. The van der Waals surface area contributed by atoms with Crippen molar-refractivity contribution < 1.29 is 19.0 Å². The lowest BCUT2D eigenvalue weighted by molar-refractivity contribution is 0.0950. The predicted octanol–water partition coefficient (Wildman–Crippen LogP) is 4.99. The molecule has 0 atom stereocenters. The fraction of sp³-hybridized carbons (Fsp3) is 0.250. The number of aromatic nitrogens is 1. The molecule has 156 valence electrons. The molecule has 0 fully saturated rings. The summed E-state index contributed by atoms with van der Waals surface area (Å²) in [6.45, 7) is 3.15. The first-order valence-electron chi connectivity index (χ1n) is 9.95. The molecule has 0 saturated carbocycles. The van der Waals surface area contributed by atoms with Crippen molar-refractivity contribution in [1.82, 2.24) is 10.3 Å². The zero-order valence-electron chi connectivity index (χ0n) is 17.3. The van der Waals surface area contributed by atoms with Crippen LogP contribution in [0, 0.1) is 0 Å². The lowest BCUT2D eigenvalue weighted by Crippen LogP contribution is -2.22. The lowest BCUT2D eigenvalue weighted by Gasteiger charge is -2.13. The summed E-state index contributed by atoms with van der Waals surface area (Å²) in [4.78, 5) is 16.5. The van der Waals surface area contributed by atoms with Crippen LogP contribution in [-0.4, -0.2) is 24.6 Å². The Morgan fingerprint density at radius 1 is 1.00 bits per heavy atom. The van der Waals surface area contributed by atoms with Crippen LogP contribution in [-0.2, 0) is 6.54 Å². The van der Waals surface area contributed by atoms with E-state index in [4.69, 9.17) is 14.2 Å². The number of nitrogens with one attached hydrogen (secondary N) is 1. The molecule has 1 heterocycles. The molecule has 6 nitrogen and oxygen atoms in total.